The van der Waals surface area contributed by atoms with E-state index in [1.807, 2.05) is 0 Å². The molecule has 2 heteroatoms. The maximum absolute atomic E-state index is 3.66. The molecule has 0 aliphatic rings. The highest BCUT2D eigenvalue weighted by molar-refractivity contribution is 5.63. The van der Waals surface area contributed by atoms with Crippen LogP contribution in [0.5, 0.6) is 0 Å². The molecule has 2 nitrogen and oxygen atoms in total. The van der Waals surface area contributed by atoms with Crippen LogP contribution in [0, 0.1) is 11.8 Å². The summed E-state index contributed by atoms with van der Waals surface area (Å²) in [6.07, 6.45) is 10.5. The van der Waals surface area contributed by atoms with E-state index in [4.69, 9.17) is 0 Å². The minimum absolute atomic E-state index is 0.812. The molecule has 2 unspecified atom stereocenters. The maximum atomic E-state index is 3.66. The number of nitrogens with one attached hydrogen (secondary N) is 2. The number of benzene rings is 2. The molecule has 2 aromatic carbocycles. The molecule has 0 radical (unpaired) electrons. The average molecular weight is 437 g/mol. The lowest BCUT2D eigenvalue weighted by Crippen LogP contribution is -2.22. The minimum Gasteiger partial charge on any atom is -0.312 e. The molecule has 2 atom stereocenters. The fourth-order valence-electron chi connectivity index (χ4n) is 4.36. The van der Waals surface area contributed by atoms with E-state index in [1.165, 1.54) is 73.6 Å². The van der Waals surface area contributed by atoms with Crippen LogP contribution in [0.25, 0.3) is 11.1 Å². The van der Waals surface area contributed by atoms with Gasteiger partial charge in [-0.3, -0.25) is 0 Å². The van der Waals surface area contributed by atoms with Crippen molar-refractivity contribution in [2.45, 2.75) is 92.2 Å². The summed E-state index contributed by atoms with van der Waals surface area (Å²) in [6, 6.07) is 18.1. The van der Waals surface area contributed by atoms with Gasteiger partial charge in [-0.25, -0.2) is 0 Å². The molecule has 0 spiro atoms. The van der Waals surface area contributed by atoms with Gasteiger partial charge in [0.15, 0.2) is 0 Å². The predicted octanol–water partition coefficient (Wildman–Crippen LogP) is 7.97. The van der Waals surface area contributed by atoms with Gasteiger partial charge in [-0.2, -0.15) is 0 Å². The predicted molar refractivity (Wildman–Crippen MR) is 142 cm³/mol. The van der Waals surface area contributed by atoms with Crippen LogP contribution in [-0.4, -0.2) is 13.1 Å². The van der Waals surface area contributed by atoms with Gasteiger partial charge in [0, 0.05) is 13.1 Å². The first-order chi connectivity index (χ1) is 15.7. The van der Waals surface area contributed by atoms with Gasteiger partial charge >= 0.3 is 0 Å². The van der Waals surface area contributed by atoms with Crippen LogP contribution in [0.2, 0.25) is 0 Å². The second-order valence-corrected chi connectivity index (χ2v) is 9.49. The van der Waals surface area contributed by atoms with Crippen molar-refractivity contribution in [2.75, 3.05) is 13.1 Å². The van der Waals surface area contributed by atoms with E-state index in [9.17, 15) is 0 Å². The lowest BCUT2D eigenvalue weighted by atomic mass is 9.99. The summed E-state index contributed by atoms with van der Waals surface area (Å²) in [5.41, 5.74) is 5.34. The molecule has 0 bridgehead atoms. The van der Waals surface area contributed by atoms with E-state index in [2.05, 4.69) is 86.9 Å². The molecule has 0 fully saturated rings. The Kier molecular flexibility index (Phi) is 13.3. The third-order valence-electron chi connectivity index (χ3n) is 6.85. The fraction of sp³-hybridized carbons (Fsp3) is 0.600. The summed E-state index contributed by atoms with van der Waals surface area (Å²) in [5, 5.41) is 7.33. The van der Waals surface area contributed by atoms with Gasteiger partial charge in [0.2, 0.25) is 0 Å². The smallest absolute Gasteiger partial charge is 0.0205 e. The fourth-order valence-corrected chi connectivity index (χ4v) is 4.36. The van der Waals surface area contributed by atoms with Crippen molar-refractivity contribution >= 4 is 0 Å². The lowest BCUT2D eigenvalue weighted by molar-refractivity contribution is 0.419. The Bertz CT molecular complexity index is 641. The van der Waals surface area contributed by atoms with Crippen molar-refractivity contribution in [3.8, 4) is 11.1 Å². The molecule has 32 heavy (non-hydrogen) atoms. The highest BCUT2D eigenvalue weighted by Crippen LogP contribution is 2.21. The van der Waals surface area contributed by atoms with E-state index < -0.39 is 0 Å². The first-order valence-electron chi connectivity index (χ1n) is 13.3. The zero-order valence-corrected chi connectivity index (χ0v) is 21.3. The quantitative estimate of drug-likeness (QED) is 0.263. The number of unbranched alkanes of at least 4 members (excludes halogenated alkanes) is 2. The third kappa shape index (κ3) is 9.88. The zero-order chi connectivity index (χ0) is 23.0. The number of hydrogen-bond acceptors (Lipinski definition) is 2. The second kappa shape index (κ2) is 16.0. The zero-order valence-electron chi connectivity index (χ0n) is 21.3. The SMILES string of the molecule is CCCCC(CC)CNCc1ccc(-c2ccc(CNCC(CC)CCCC)cc2)cc1. The van der Waals surface area contributed by atoms with Crippen LogP contribution in [-0.2, 0) is 13.1 Å². The molecule has 0 saturated carbocycles. The van der Waals surface area contributed by atoms with E-state index in [0.29, 0.717) is 0 Å². The molecule has 0 heterocycles. The topological polar surface area (TPSA) is 24.1 Å². The van der Waals surface area contributed by atoms with E-state index in [0.717, 1.165) is 38.0 Å². The molecule has 2 N–H and O–H groups in total. The monoisotopic (exact) mass is 436 g/mol. The van der Waals surface area contributed by atoms with Crippen molar-refractivity contribution in [3.05, 3.63) is 59.7 Å². The number of rotatable bonds is 17. The summed E-state index contributed by atoms with van der Waals surface area (Å²) in [6.45, 7) is 13.4. The molecule has 0 aliphatic carbocycles. The summed E-state index contributed by atoms with van der Waals surface area (Å²) >= 11 is 0. The van der Waals surface area contributed by atoms with Crippen LogP contribution in [0.4, 0.5) is 0 Å². The highest BCUT2D eigenvalue weighted by atomic mass is 14.9. The molecular weight excluding hydrogens is 388 g/mol. The van der Waals surface area contributed by atoms with Crippen LogP contribution in [0.1, 0.15) is 90.2 Å². The molecular formula is C30H48N2. The lowest BCUT2D eigenvalue weighted by Gasteiger charge is -2.15. The summed E-state index contributed by atoms with van der Waals surface area (Å²) in [7, 11) is 0. The minimum atomic E-state index is 0.812. The van der Waals surface area contributed by atoms with Gasteiger partial charge < -0.3 is 10.6 Å². The standard InChI is InChI=1S/C30H48N2/c1-5-9-11-25(7-3)21-31-23-27-13-17-29(18-14-27)30-19-15-28(16-20-30)24-32-22-26(8-4)12-10-6-2/h13-20,25-26,31-32H,5-12,21-24H2,1-4H3. The third-order valence-corrected chi connectivity index (χ3v) is 6.85. The molecule has 2 aromatic rings. The Balaban J connectivity index is 1.77. The van der Waals surface area contributed by atoms with Gasteiger partial charge in [0.1, 0.15) is 0 Å². The van der Waals surface area contributed by atoms with Crippen LogP contribution in [0.3, 0.4) is 0 Å². The Morgan fingerprint density at radius 3 is 1.25 bits per heavy atom. The molecule has 0 aromatic heterocycles. The van der Waals surface area contributed by atoms with Crippen molar-refractivity contribution < 1.29 is 0 Å². The van der Waals surface area contributed by atoms with E-state index >= 15 is 0 Å². The van der Waals surface area contributed by atoms with Crippen LogP contribution >= 0.6 is 0 Å². The van der Waals surface area contributed by atoms with Crippen molar-refractivity contribution in [1.82, 2.24) is 10.6 Å². The van der Waals surface area contributed by atoms with Gasteiger partial charge in [0.25, 0.3) is 0 Å². The average Bonchev–Trinajstić information content (AvgIpc) is 2.84. The number of hydrogen-bond donors (Lipinski definition) is 2. The normalized spacial score (nSPS) is 13.2. The molecule has 0 aliphatic heterocycles. The van der Waals surface area contributed by atoms with E-state index in [-0.39, 0.29) is 0 Å². The molecule has 0 saturated heterocycles. The Morgan fingerprint density at radius 1 is 0.562 bits per heavy atom. The van der Waals surface area contributed by atoms with Gasteiger partial charge in [-0.15, -0.1) is 0 Å². The summed E-state index contributed by atoms with van der Waals surface area (Å²) in [4.78, 5) is 0. The largest absolute Gasteiger partial charge is 0.312 e. The van der Waals surface area contributed by atoms with E-state index in [1.54, 1.807) is 0 Å². The van der Waals surface area contributed by atoms with Gasteiger partial charge in [-0.1, -0.05) is 115 Å². The van der Waals surface area contributed by atoms with Gasteiger partial charge in [0.05, 0.1) is 0 Å². The Labute approximate surface area is 198 Å². The van der Waals surface area contributed by atoms with Crippen molar-refractivity contribution in [3.63, 3.8) is 0 Å². The van der Waals surface area contributed by atoms with Gasteiger partial charge in [-0.05, 0) is 60.0 Å². The first-order valence-corrected chi connectivity index (χ1v) is 13.3. The Morgan fingerprint density at radius 2 is 0.938 bits per heavy atom. The first kappa shape index (κ1) is 26.6. The molecule has 178 valence electrons. The van der Waals surface area contributed by atoms with Crippen LogP contribution < -0.4 is 10.6 Å². The van der Waals surface area contributed by atoms with Crippen molar-refractivity contribution in [2.24, 2.45) is 11.8 Å². The summed E-state index contributed by atoms with van der Waals surface area (Å²) < 4.78 is 0. The molecule has 0 amide bonds. The highest BCUT2D eigenvalue weighted by Gasteiger charge is 2.07. The molecule has 2 rings (SSSR count). The summed E-state index contributed by atoms with van der Waals surface area (Å²) in [5.74, 6) is 1.62. The maximum Gasteiger partial charge on any atom is 0.0205 e. The second-order valence-electron chi connectivity index (χ2n) is 9.49. The van der Waals surface area contributed by atoms with Crippen molar-refractivity contribution in [1.29, 1.82) is 0 Å². The Hall–Kier alpha value is -1.64. The van der Waals surface area contributed by atoms with Crippen LogP contribution in [0.15, 0.2) is 48.5 Å².